The van der Waals surface area contributed by atoms with Crippen LogP contribution in [0.3, 0.4) is 0 Å². The van der Waals surface area contributed by atoms with Gasteiger partial charge in [-0.2, -0.15) is 10.1 Å². The van der Waals surface area contributed by atoms with E-state index < -0.39 is 21.6 Å². The number of benzene rings is 1. The molecular weight excluding hydrogens is 307 g/mol. The molecule has 1 heterocycles. The van der Waals surface area contributed by atoms with Crippen molar-refractivity contribution in [3.63, 3.8) is 0 Å². The van der Waals surface area contributed by atoms with Crippen molar-refractivity contribution in [1.82, 2.24) is 14.8 Å². The summed E-state index contributed by atoms with van der Waals surface area (Å²) in [5.41, 5.74) is 0.853. The highest BCUT2D eigenvalue weighted by molar-refractivity contribution is 7.91. The van der Waals surface area contributed by atoms with Crippen molar-refractivity contribution in [3.05, 3.63) is 41.0 Å². The lowest BCUT2D eigenvalue weighted by atomic mass is 10.2. The number of halogens is 1. The Bertz CT molecular complexity index is 784. The lowest BCUT2D eigenvalue weighted by Crippen LogP contribution is -2.18. The fraction of sp³-hybridized carbons (Fsp3) is 0.429. The molecule has 8 heteroatoms. The Kier molecular flexibility index (Phi) is 4.50. The summed E-state index contributed by atoms with van der Waals surface area (Å²) in [4.78, 5) is 4.14. The maximum Gasteiger partial charge on any atom is 0.239 e. The van der Waals surface area contributed by atoms with Crippen LogP contribution in [0.5, 0.6) is 0 Å². The molecule has 120 valence electrons. The highest BCUT2D eigenvalue weighted by Gasteiger charge is 2.19. The summed E-state index contributed by atoms with van der Waals surface area (Å²) < 4.78 is 41.8. The highest BCUT2D eigenvalue weighted by Crippen LogP contribution is 2.17. The molecule has 0 atom stereocenters. The second-order valence-electron chi connectivity index (χ2n) is 5.53. The minimum Gasteiger partial charge on any atom is -0.251 e. The largest absolute Gasteiger partial charge is 0.251 e. The Morgan fingerprint density at radius 1 is 1.36 bits per heavy atom. The second-order valence-corrected chi connectivity index (χ2v) is 7.25. The van der Waals surface area contributed by atoms with Gasteiger partial charge in [0.15, 0.2) is 5.82 Å². The van der Waals surface area contributed by atoms with E-state index in [1.54, 1.807) is 20.0 Å². The number of anilines is 1. The molecular formula is C14H19FN4O2S. The van der Waals surface area contributed by atoms with Gasteiger partial charge in [0.1, 0.15) is 5.82 Å². The molecule has 0 saturated heterocycles. The van der Waals surface area contributed by atoms with Crippen molar-refractivity contribution in [1.29, 1.82) is 0 Å². The molecule has 1 aromatic carbocycles. The third-order valence-corrected chi connectivity index (χ3v) is 4.28. The lowest BCUT2D eigenvalue weighted by Gasteiger charge is -2.08. The van der Waals surface area contributed by atoms with Gasteiger partial charge in [0, 0.05) is 18.5 Å². The van der Waals surface area contributed by atoms with Crippen LogP contribution in [0.4, 0.5) is 10.3 Å². The molecule has 0 aliphatic heterocycles. The van der Waals surface area contributed by atoms with E-state index in [4.69, 9.17) is 0 Å². The molecule has 2 rings (SSSR count). The fourth-order valence-electron chi connectivity index (χ4n) is 1.89. The van der Waals surface area contributed by atoms with Crippen LogP contribution in [0.2, 0.25) is 0 Å². The van der Waals surface area contributed by atoms with E-state index in [2.05, 4.69) is 14.8 Å². The quantitative estimate of drug-likeness (QED) is 0.915. The maximum atomic E-state index is 13.8. The zero-order valence-electron chi connectivity index (χ0n) is 13.0. The Balaban J connectivity index is 2.21. The maximum absolute atomic E-state index is 13.8. The van der Waals surface area contributed by atoms with Crippen molar-refractivity contribution in [2.24, 2.45) is 7.05 Å². The van der Waals surface area contributed by atoms with E-state index in [-0.39, 0.29) is 17.4 Å². The van der Waals surface area contributed by atoms with Gasteiger partial charge in [0.05, 0.1) is 5.75 Å². The molecule has 0 spiro atoms. The molecule has 2 aromatic rings. The molecule has 0 fully saturated rings. The fourth-order valence-corrected chi connectivity index (χ4v) is 3.06. The number of aryl methyl sites for hydroxylation is 2. The summed E-state index contributed by atoms with van der Waals surface area (Å²) in [6.45, 7) is 5.57. The normalized spacial score (nSPS) is 11.9. The third-order valence-electron chi connectivity index (χ3n) is 3.10. The number of hydrogen-bond acceptors (Lipinski definition) is 4. The van der Waals surface area contributed by atoms with E-state index in [1.165, 1.54) is 16.8 Å². The first-order valence-electron chi connectivity index (χ1n) is 6.84. The first-order chi connectivity index (χ1) is 10.2. The van der Waals surface area contributed by atoms with Crippen LogP contribution in [0.1, 0.15) is 36.7 Å². The van der Waals surface area contributed by atoms with Gasteiger partial charge in [-0.25, -0.2) is 17.5 Å². The van der Waals surface area contributed by atoms with Crippen LogP contribution < -0.4 is 4.72 Å². The topological polar surface area (TPSA) is 76.9 Å². The first-order valence-corrected chi connectivity index (χ1v) is 8.49. The summed E-state index contributed by atoms with van der Waals surface area (Å²) in [7, 11) is -2.17. The summed E-state index contributed by atoms with van der Waals surface area (Å²) in [6.07, 6.45) is 0. The van der Waals surface area contributed by atoms with Gasteiger partial charge in [-0.3, -0.25) is 4.72 Å². The van der Waals surface area contributed by atoms with Crippen LogP contribution in [0.15, 0.2) is 18.2 Å². The van der Waals surface area contributed by atoms with Crippen molar-refractivity contribution < 1.29 is 12.8 Å². The molecule has 0 amide bonds. The number of nitrogens with zero attached hydrogens (tertiary/aromatic N) is 3. The lowest BCUT2D eigenvalue weighted by molar-refractivity contribution is 0.590. The number of nitrogens with one attached hydrogen (secondary N) is 1. The number of rotatable bonds is 5. The summed E-state index contributed by atoms with van der Waals surface area (Å²) in [5, 5.41) is 4.14. The minimum absolute atomic E-state index is 0.0824. The van der Waals surface area contributed by atoms with Crippen molar-refractivity contribution in [2.75, 3.05) is 4.72 Å². The second kappa shape index (κ2) is 6.04. The van der Waals surface area contributed by atoms with Crippen molar-refractivity contribution >= 4 is 16.0 Å². The zero-order valence-corrected chi connectivity index (χ0v) is 13.8. The zero-order chi connectivity index (χ0) is 16.5. The van der Waals surface area contributed by atoms with E-state index in [0.29, 0.717) is 5.82 Å². The average molecular weight is 326 g/mol. The van der Waals surface area contributed by atoms with Gasteiger partial charge in [-0.1, -0.05) is 26.0 Å². The number of sulfonamides is 1. The summed E-state index contributed by atoms with van der Waals surface area (Å²) in [5.74, 6) is -0.244. The van der Waals surface area contributed by atoms with Crippen molar-refractivity contribution in [3.8, 4) is 0 Å². The molecule has 0 radical (unpaired) electrons. The minimum atomic E-state index is -3.77. The van der Waals surface area contributed by atoms with Crippen LogP contribution in [-0.4, -0.2) is 23.2 Å². The Morgan fingerprint density at radius 3 is 2.59 bits per heavy atom. The van der Waals surface area contributed by atoms with Crippen molar-refractivity contribution in [2.45, 2.75) is 32.4 Å². The smallest absolute Gasteiger partial charge is 0.239 e. The molecule has 0 unspecified atom stereocenters. The van der Waals surface area contributed by atoms with E-state index in [9.17, 15) is 12.8 Å². The molecule has 1 aromatic heterocycles. The van der Waals surface area contributed by atoms with Crippen LogP contribution in [-0.2, 0) is 22.8 Å². The molecule has 0 aliphatic rings. The van der Waals surface area contributed by atoms with Gasteiger partial charge < -0.3 is 0 Å². The molecule has 22 heavy (non-hydrogen) atoms. The van der Waals surface area contributed by atoms with E-state index in [1.807, 2.05) is 13.8 Å². The molecule has 0 aliphatic carbocycles. The molecule has 0 saturated carbocycles. The Hall–Kier alpha value is -1.96. The number of aromatic nitrogens is 3. The predicted octanol–water partition coefficient (Wildman–Crippen LogP) is 2.33. The van der Waals surface area contributed by atoms with Gasteiger partial charge in [0.2, 0.25) is 16.0 Å². The average Bonchev–Trinajstić information content (AvgIpc) is 2.74. The summed E-state index contributed by atoms with van der Waals surface area (Å²) in [6, 6.07) is 4.46. The third kappa shape index (κ3) is 3.82. The van der Waals surface area contributed by atoms with E-state index in [0.717, 1.165) is 5.56 Å². The van der Waals surface area contributed by atoms with Gasteiger partial charge in [-0.15, -0.1) is 0 Å². The summed E-state index contributed by atoms with van der Waals surface area (Å²) >= 11 is 0. The van der Waals surface area contributed by atoms with Gasteiger partial charge in [-0.05, 0) is 18.6 Å². The monoisotopic (exact) mass is 326 g/mol. The molecule has 6 nitrogen and oxygen atoms in total. The molecule has 1 N–H and O–H groups in total. The standard InChI is InChI=1S/C14H19FN4O2S/c1-9(2)13-16-14(19(4)17-13)18-22(20,21)8-11-6-5-10(3)7-12(11)15/h5-7,9H,8H2,1-4H3,(H,16,17,18). The van der Waals surface area contributed by atoms with Gasteiger partial charge in [0.25, 0.3) is 0 Å². The first kappa shape index (κ1) is 16.4. The van der Waals surface area contributed by atoms with Gasteiger partial charge >= 0.3 is 0 Å². The number of hydrogen-bond donors (Lipinski definition) is 1. The Labute approximate surface area is 129 Å². The highest BCUT2D eigenvalue weighted by atomic mass is 32.2. The SMILES string of the molecule is Cc1ccc(CS(=O)(=O)Nc2nc(C(C)C)nn2C)c(F)c1. The van der Waals surface area contributed by atoms with Crippen LogP contribution in [0, 0.1) is 12.7 Å². The van der Waals surface area contributed by atoms with E-state index >= 15 is 0 Å². The molecule has 0 bridgehead atoms. The van der Waals surface area contributed by atoms with Crippen LogP contribution in [0.25, 0.3) is 0 Å². The predicted molar refractivity (Wildman–Crippen MR) is 82.5 cm³/mol. The Morgan fingerprint density at radius 2 is 2.05 bits per heavy atom. The van der Waals surface area contributed by atoms with Crippen LogP contribution >= 0.6 is 0 Å².